The molecule has 0 saturated carbocycles. The van der Waals surface area contributed by atoms with Crippen LogP contribution in [0, 0.1) is 4.84 Å². The van der Waals surface area contributed by atoms with Crippen molar-refractivity contribution in [1.82, 2.24) is 4.98 Å². The van der Waals surface area contributed by atoms with Gasteiger partial charge in [0, 0.05) is 5.56 Å². The number of hydrogen-bond acceptors (Lipinski definition) is 3. The minimum Gasteiger partial charge on any atom is -0.497 e. The molecule has 4 heteroatoms. The maximum absolute atomic E-state index is 4.98. The van der Waals surface area contributed by atoms with Gasteiger partial charge in [-0.1, -0.05) is 48.5 Å². The molecular weight excluding hydrogens is 270 g/mol. The highest BCUT2D eigenvalue weighted by molar-refractivity contribution is 7.71. The van der Waals surface area contributed by atoms with Gasteiger partial charge in [0.15, 0.2) is 0 Å². The molecule has 0 aliphatic carbocycles. The number of para-hydroxylation sites is 1. The van der Waals surface area contributed by atoms with Crippen LogP contribution < -0.4 is 4.74 Å². The van der Waals surface area contributed by atoms with Gasteiger partial charge in [0.1, 0.15) is 12.0 Å². The number of hydrogen-bond donors (Lipinski definition) is 1. The first-order valence-electron chi connectivity index (χ1n) is 6.12. The van der Waals surface area contributed by atoms with E-state index in [4.69, 9.17) is 21.4 Å². The van der Waals surface area contributed by atoms with Crippen molar-refractivity contribution in [3.63, 3.8) is 0 Å². The lowest BCUT2D eigenvalue weighted by Crippen LogP contribution is -1.78. The number of benzene rings is 2. The number of H-pyrrole nitrogens is 1. The van der Waals surface area contributed by atoms with Gasteiger partial charge in [-0.2, -0.15) is 0 Å². The molecule has 0 fully saturated rings. The third-order valence-electron chi connectivity index (χ3n) is 2.58. The molecule has 3 nitrogen and oxygen atoms in total. The molecule has 3 rings (SSSR count). The van der Waals surface area contributed by atoms with E-state index >= 15 is 0 Å². The van der Waals surface area contributed by atoms with Gasteiger partial charge in [-0.25, -0.2) is 0 Å². The van der Waals surface area contributed by atoms with Gasteiger partial charge in [-0.15, -0.1) is 0 Å². The minimum atomic E-state index is 0.411. The Morgan fingerprint density at radius 2 is 1.55 bits per heavy atom. The van der Waals surface area contributed by atoms with Crippen LogP contribution in [0.2, 0.25) is 0 Å². The third kappa shape index (κ3) is 4.10. The molecule has 0 amide bonds. The lowest BCUT2D eigenvalue weighted by atomic mass is 10.2. The molecule has 0 radical (unpaired) electrons. The molecule has 0 aliphatic rings. The average molecular weight is 285 g/mol. The van der Waals surface area contributed by atoms with Crippen LogP contribution in [0.3, 0.4) is 0 Å². The second-order valence-corrected chi connectivity index (χ2v) is 4.32. The quantitative estimate of drug-likeness (QED) is 0.694. The highest BCUT2D eigenvalue weighted by atomic mass is 32.1. The molecule has 0 spiro atoms. The molecule has 102 valence electrons. The topological polar surface area (TPSA) is 38.2 Å². The normalized spacial score (nSPS) is 9.45. The lowest BCUT2D eigenvalue weighted by molar-refractivity contribution is 0.415. The van der Waals surface area contributed by atoms with Crippen molar-refractivity contribution in [3.8, 4) is 17.0 Å². The molecular formula is C16H15NO2S. The summed E-state index contributed by atoms with van der Waals surface area (Å²) < 4.78 is 9.89. The van der Waals surface area contributed by atoms with Crippen LogP contribution in [0.1, 0.15) is 0 Å². The SMILES string of the molecule is COc1ccccc1.S=c1[nH]c(-c2ccccc2)co1. The number of ether oxygens (including phenoxy) is 1. The van der Waals surface area contributed by atoms with Crippen LogP contribution >= 0.6 is 12.2 Å². The van der Waals surface area contributed by atoms with E-state index in [1.165, 1.54) is 0 Å². The van der Waals surface area contributed by atoms with Gasteiger partial charge in [0.05, 0.1) is 12.8 Å². The fraction of sp³-hybridized carbons (Fsp3) is 0.0625. The highest BCUT2D eigenvalue weighted by Gasteiger charge is 1.97. The number of oxazole rings is 1. The summed E-state index contributed by atoms with van der Waals surface area (Å²) in [6, 6.07) is 19.6. The summed E-state index contributed by atoms with van der Waals surface area (Å²) in [6.07, 6.45) is 1.62. The number of methoxy groups -OCH3 is 1. The molecule has 20 heavy (non-hydrogen) atoms. The van der Waals surface area contributed by atoms with Crippen LogP contribution in [0.15, 0.2) is 71.3 Å². The van der Waals surface area contributed by atoms with Crippen molar-refractivity contribution in [2.45, 2.75) is 0 Å². The molecule has 0 unspecified atom stereocenters. The van der Waals surface area contributed by atoms with Gasteiger partial charge in [-0.3, -0.25) is 0 Å². The first kappa shape index (κ1) is 14.1. The molecule has 1 N–H and O–H groups in total. The average Bonchev–Trinajstić information content (AvgIpc) is 2.96. The van der Waals surface area contributed by atoms with Gasteiger partial charge in [-0.05, 0) is 24.4 Å². The minimum absolute atomic E-state index is 0.411. The zero-order valence-electron chi connectivity index (χ0n) is 11.1. The fourth-order valence-electron chi connectivity index (χ4n) is 1.60. The first-order chi connectivity index (χ1) is 9.79. The van der Waals surface area contributed by atoms with E-state index < -0.39 is 0 Å². The van der Waals surface area contributed by atoms with Crippen molar-refractivity contribution >= 4 is 12.2 Å². The van der Waals surface area contributed by atoms with E-state index in [0.717, 1.165) is 17.0 Å². The second-order valence-electron chi connectivity index (χ2n) is 3.95. The summed E-state index contributed by atoms with van der Waals surface area (Å²) in [5, 5.41) is 0. The first-order valence-corrected chi connectivity index (χ1v) is 6.52. The third-order valence-corrected chi connectivity index (χ3v) is 2.78. The Bertz CT molecular complexity index is 674. The van der Waals surface area contributed by atoms with Crippen LogP contribution in [-0.2, 0) is 0 Å². The van der Waals surface area contributed by atoms with E-state index in [-0.39, 0.29) is 0 Å². The van der Waals surface area contributed by atoms with Crippen LogP contribution in [0.25, 0.3) is 11.3 Å². The zero-order valence-corrected chi connectivity index (χ0v) is 11.9. The monoisotopic (exact) mass is 285 g/mol. The molecule has 0 aliphatic heterocycles. The molecule has 0 atom stereocenters. The van der Waals surface area contributed by atoms with Gasteiger partial charge in [0.2, 0.25) is 0 Å². The van der Waals surface area contributed by atoms with Gasteiger partial charge < -0.3 is 14.1 Å². The van der Waals surface area contributed by atoms with Gasteiger partial charge >= 0.3 is 0 Å². The van der Waals surface area contributed by atoms with Crippen molar-refractivity contribution in [2.75, 3.05) is 7.11 Å². The Morgan fingerprint density at radius 3 is 2.00 bits per heavy atom. The Morgan fingerprint density at radius 1 is 0.950 bits per heavy atom. The summed E-state index contributed by atoms with van der Waals surface area (Å²) in [5.74, 6) is 0.910. The summed E-state index contributed by atoms with van der Waals surface area (Å²) in [7, 11) is 1.66. The van der Waals surface area contributed by atoms with E-state index in [2.05, 4.69) is 4.98 Å². The summed E-state index contributed by atoms with van der Waals surface area (Å²) >= 11 is 4.81. The number of aromatic nitrogens is 1. The largest absolute Gasteiger partial charge is 0.497 e. The number of nitrogens with one attached hydrogen (secondary N) is 1. The molecule has 1 aromatic heterocycles. The summed E-state index contributed by atoms with van der Waals surface area (Å²) in [4.78, 5) is 3.35. The van der Waals surface area contributed by atoms with E-state index in [1.54, 1.807) is 13.4 Å². The number of aromatic amines is 1. The van der Waals surface area contributed by atoms with Crippen LogP contribution in [0.5, 0.6) is 5.75 Å². The van der Waals surface area contributed by atoms with Crippen molar-refractivity contribution in [1.29, 1.82) is 0 Å². The van der Waals surface area contributed by atoms with Crippen LogP contribution in [-0.4, -0.2) is 12.1 Å². The summed E-state index contributed by atoms with van der Waals surface area (Å²) in [6.45, 7) is 0. The summed E-state index contributed by atoms with van der Waals surface area (Å²) in [5.41, 5.74) is 2.00. The maximum Gasteiger partial charge on any atom is 0.266 e. The Labute approximate surface area is 122 Å². The Kier molecular flexibility index (Phi) is 5.15. The molecule has 0 bridgehead atoms. The van der Waals surface area contributed by atoms with Crippen molar-refractivity contribution < 1.29 is 9.15 Å². The predicted octanol–water partition coefficient (Wildman–Crippen LogP) is 4.70. The Balaban J connectivity index is 0.000000160. The zero-order chi connectivity index (χ0) is 14.2. The maximum atomic E-state index is 4.98. The van der Waals surface area contributed by atoms with E-state index in [0.29, 0.717) is 4.84 Å². The Hall–Kier alpha value is -2.33. The predicted molar refractivity (Wildman–Crippen MR) is 82.3 cm³/mol. The van der Waals surface area contributed by atoms with Crippen molar-refractivity contribution in [3.05, 3.63) is 71.8 Å². The smallest absolute Gasteiger partial charge is 0.266 e. The lowest BCUT2D eigenvalue weighted by Gasteiger charge is -1.93. The second kappa shape index (κ2) is 7.31. The number of rotatable bonds is 2. The molecule has 1 heterocycles. The molecule has 0 saturated heterocycles. The standard InChI is InChI=1S/C9H7NOS.C7H8O/c12-9-10-8(6-11-9)7-4-2-1-3-5-7;1-8-7-5-3-2-4-6-7/h1-6H,(H,10,12);2-6H,1H3. The molecule has 3 aromatic rings. The molecule has 2 aromatic carbocycles. The van der Waals surface area contributed by atoms with E-state index in [1.807, 2.05) is 60.7 Å². The highest BCUT2D eigenvalue weighted by Crippen LogP contribution is 2.15. The van der Waals surface area contributed by atoms with Crippen molar-refractivity contribution in [2.24, 2.45) is 0 Å². The fourth-order valence-corrected chi connectivity index (χ4v) is 1.75. The van der Waals surface area contributed by atoms with Crippen LogP contribution in [0.4, 0.5) is 0 Å². The van der Waals surface area contributed by atoms with Gasteiger partial charge in [0.25, 0.3) is 4.84 Å². The van der Waals surface area contributed by atoms with E-state index in [9.17, 15) is 0 Å².